The van der Waals surface area contributed by atoms with Crippen LogP contribution in [0.3, 0.4) is 0 Å². The van der Waals surface area contributed by atoms with Gasteiger partial charge in [-0.25, -0.2) is 14.6 Å². The SMILES string of the molecule is CCCCn1nc(CC(C)C)c2c(NCC3CCOC3)ncnc21. The maximum Gasteiger partial charge on any atom is 0.163 e. The summed E-state index contributed by atoms with van der Waals surface area (Å²) in [5.41, 5.74) is 2.07. The minimum atomic E-state index is 0.555. The van der Waals surface area contributed by atoms with Gasteiger partial charge in [0.25, 0.3) is 0 Å². The number of aromatic nitrogens is 4. The van der Waals surface area contributed by atoms with Gasteiger partial charge in [0.05, 0.1) is 17.7 Å². The average molecular weight is 331 g/mol. The number of aryl methyl sites for hydroxylation is 1. The molecular formula is C18H29N5O. The van der Waals surface area contributed by atoms with E-state index in [9.17, 15) is 0 Å². The molecule has 1 fully saturated rings. The standard InChI is InChI=1S/C18H29N5O/c1-4-5-7-23-18-16(15(22-23)9-13(2)3)17(20-12-21-18)19-10-14-6-8-24-11-14/h12-14H,4-11H2,1-3H3,(H,19,20,21). The highest BCUT2D eigenvalue weighted by Gasteiger charge is 2.20. The lowest BCUT2D eigenvalue weighted by atomic mass is 10.1. The Morgan fingerprint density at radius 3 is 2.96 bits per heavy atom. The summed E-state index contributed by atoms with van der Waals surface area (Å²) in [5.74, 6) is 2.04. The molecule has 0 bridgehead atoms. The third kappa shape index (κ3) is 3.86. The Hall–Kier alpha value is -1.69. The van der Waals surface area contributed by atoms with Crippen molar-refractivity contribution in [2.24, 2.45) is 11.8 Å². The van der Waals surface area contributed by atoms with Gasteiger partial charge in [0.2, 0.25) is 0 Å². The third-order valence-electron chi connectivity index (χ3n) is 4.51. The molecule has 1 atom stereocenters. The van der Waals surface area contributed by atoms with Crippen molar-refractivity contribution in [1.82, 2.24) is 19.7 Å². The van der Waals surface area contributed by atoms with Gasteiger partial charge >= 0.3 is 0 Å². The first-order chi connectivity index (χ1) is 11.7. The smallest absolute Gasteiger partial charge is 0.163 e. The quantitative estimate of drug-likeness (QED) is 0.804. The number of hydrogen-bond donors (Lipinski definition) is 1. The molecule has 1 unspecified atom stereocenters. The first kappa shape index (κ1) is 17.1. The van der Waals surface area contributed by atoms with Gasteiger partial charge in [-0.2, -0.15) is 5.10 Å². The minimum absolute atomic E-state index is 0.555. The maximum absolute atomic E-state index is 5.47. The molecule has 0 amide bonds. The fourth-order valence-electron chi connectivity index (χ4n) is 3.19. The molecule has 3 rings (SSSR count). The second kappa shape index (κ2) is 7.92. The molecule has 6 nitrogen and oxygen atoms in total. The van der Waals surface area contributed by atoms with E-state index in [1.807, 2.05) is 0 Å². The van der Waals surface area contributed by atoms with Gasteiger partial charge in [0.15, 0.2) is 5.65 Å². The number of nitrogens with one attached hydrogen (secondary N) is 1. The van der Waals surface area contributed by atoms with Crippen molar-refractivity contribution in [3.63, 3.8) is 0 Å². The Bertz CT molecular complexity index is 661. The predicted molar refractivity (Wildman–Crippen MR) is 96.2 cm³/mol. The zero-order valence-electron chi connectivity index (χ0n) is 15.1. The summed E-state index contributed by atoms with van der Waals surface area (Å²) in [6, 6.07) is 0. The van der Waals surface area contributed by atoms with E-state index >= 15 is 0 Å². The van der Waals surface area contributed by atoms with E-state index in [4.69, 9.17) is 9.84 Å². The molecule has 2 aromatic heterocycles. The third-order valence-corrected chi connectivity index (χ3v) is 4.51. The summed E-state index contributed by atoms with van der Waals surface area (Å²) < 4.78 is 7.53. The number of fused-ring (bicyclic) bond motifs is 1. The van der Waals surface area contributed by atoms with Crippen molar-refractivity contribution in [2.75, 3.05) is 25.1 Å². The Kier molecular flexibility index (Phi) is 5.66. The van der Waals surface area contributed by atoms with Crippen LogP contribution in [0, 0.1) is 11.8 Å². The average Bonchev–Trinajstić information content (AvgIpc) is 3.19. The summed E-state index contributed by atoms with van der Waals surface area (Å²) in [5, 5.41) is 9.48. The lowest BCUT2D eigenvalue weighted by molar-refractivity contribution is 0.187. The van der Waals surface area contributed by atoms with Crippen LogP contribution in [0.5, 0.6) is 0 Å². The van der Waals surface area contributed by atoms with Gasteiger partial charge in [0.1, 0.15) is 12.1 Å². The molecule has 0 spiro atoms. The molecule has 0 aromatic carbocycles. The van der Waals surface area contributed by atoms with Crippen LogP contribution in [0.25, 0.3) is 11.0 Å². The highest BCUT2D eigenvalue weighted by atomic mass is 16.5. The van der Waals surface area contributed by atoms with E-state index in [1.165, 1.54) is 0 Å². The lowest BCUT2D eigenvalue weighted by Gasteiger charge is -2.11. The topological polar surface area (TPSA) is 64.9 Å². The number of unbranched alkanes of at least 4 members (excludes halogenated alkanes) is 1. The number of anilines is 1. The van der Waals surface area contributed by atoms with Crippen LogP contribution in [0.4, 0.5) is 5.82 Å². The van der Waals surface area contributed by atoms with Crippen LogP contribution in [0.15, 0.2) is 6.33 Å². The molecule has 1 N–H and O–H groups in total. The molecule has 2 aromatic rings. The Morgan fingerprint density at radius 1 is 1.38 bits per heavy atom. The summed E-state index contributed by atoms with van der Waals surface area (Å²) in [7, 11) is 0. The van der Waals surface area contributed by atoms with E-state index < -0.39 is 0 Å². The second-order valence-corrected chi connectivity index (χ2v) is 7.15. The number of nitrogens with zero attached hydrogens (tertiary/aromatic N) is 4. The van der Waals surface area contributed by atoms with Gasteiger partial charge in [-0.05, 0) is 25.2 Å². The van der Waals surface area contributed by atoms with Crippen LogP contribution < -0.4 is 5.32 Å². The number of ether oxygens (including phenoxy) is 1. The molecule has 1 aliphatic heterocycles. The summed E-state index contributed by atoms with van der Waals surface area (Å²) in [4.78, 5) is 9.04. The fourth-order valence-corrected chi connectivity index (χ4v) is 3.19. The zero-order valence-corrected chi connectivity index (χ0v) is 15.1. The predicted octanol–water partition coefficient (Wildman–Crippen LogP) is 3.27. The number of hydrogen-bond acceptors (Lipinski definition) is 5. The molecule has 132 valence electrons. The lowest BCUT2D eigenvalue weighted by Crippen LogP contribution is -2.15. The van der Waals surface area contributed by atoms with E-state index in [0.29, 0.717) is 11.8 Å². The Labute approximate surface area is 144 Å². The maximum atomic E-state index is 5.47. The van der Waals surface area contributed by atoms with Crippen molar-refractivity contribution in [2.45, 2.75) is 53.0 Å². The highest BCUT2D eigenvalue weighted by Crippen LogP contribution is 2.26. The molecule has 0 radical (unpaired) electrons. The van der Waals surface area contributed by atoms with Gasteiger partial charge in [-0.3, -0.25) is 0 Å². The summed E-state index contributed by atoms with van der Waals surface area (Å²) in [6.07, 6.45) is 5.99. The zero-order chi connectivity index (χ0) is 16.9. The second-order valence-electron chi connectivity index (χ2n) is 7.15. The van der Waals surface area contributed by atoms with Crippen LogP contribution in [-0.2, 0) is 17.7 Å². The van der Waals surface area contributed by atoms with Crippen molar-refractivity contribution in [1.29, 1.82) is 0 Å². The largest absolute Gasteiger partial charge is 0.381 e. The molecule has 0 aliphatic carbocycles. The molecular weight excluding hydrogens is 302 g/mol. The Balaban J connectivity index is 1.90. The molecule has 1 aliphatic rings. The molecule has 24 heavy (non-hydrogen) atoms. The van der Waals surface area contributed by atoms with Crippen molar-refractivity contribution in [3.8, 4) is 0 Å². The highest BCUT2D eigenvalue weighted by molar-refractivity contribution is 5.89. The molecule has 6 heteroatoms. The molecule has 0 saturated carbocycles. The van der Waals surface area contributed by atoms with Gasteiger partial charge in [-0.15, -0.1) is 0 Å². The van der Waals surface area contributed by atoms with Crippen LogP contribution >= 0.6 is 0 Å². The van der Waals surface area contributed by atoms with E-state index in [2.05, 4.69) is 40.7 Å². The summed E-state index contributed by atoms with van der Waals surface area (Å²) >= 11 is 0. The first-order valence-corrected chi connectivity index (χ1v) is 9.21. The van der Waals surface area contributed by atoms with Crippen molar-refractivity contribution >= 4 is 16.9 Å². The van der Waals surface area contributed by atoms with Crippen LogP contribution in [0.1, 0.15) is 45.7 Å². The monoisotopic (exact) mass is 331 g/mol. The van der Waals surface area contributed by atoms with Crippen molar-refractivity contribution in [3.05, 3.63) is 12.0 Å². The van der Waals surface area contributed by atoms with Crippen LogP contribution in [-0.4, -0.2) is 39.5 Å². The van der Waals surface area contributed by atoms with Gasteiger partial charge < -0.3 is 10.1 Å². The van der Waals surface area contributed by atoms with E-state index in [-0.39, 0.29) is 0 Å². The fraction of sp³-hybridized carbons (Fsp3) is 0.722. The van der Waals surface area contributed by atoms with Gasteiger partial charge in [0, 0.05) is 25.6 Å². The van der Waals surface area contributed by atoms with E-state index in [0.717, 1.165) is 74.5 Å². The van der Waals surface area contributed by atoms with Gasteiger partial charge in [-0.1, -0.05) is 27.2 Å². The molecule has 3 heterocycles. The number of rotatable bonds is 8. The summed E-state index contributed by atoms with van der Waals surface area (Å²) in [6.45, 7) is 10.2. The molecule has 1 saturated heterocycles. The first-order valence-electron chi connectivity index (χ1n) is 9.21. The van der Waals surface area contributed by atoms with E-state index in [1.54, 1.807) is 6.33 Å². The van der Waals surface area contributed by atoms with Crippen LogP contribution in [0.2, 0.25) is 0 Å². The minimum Gasteiger partial charge on any atom is -0.381 e. The Morgan fingerprint density at radius 2 is 2.25 bits per heavy atom. The normalized spacial score (nSPS) is 17.9. The van der Waals surface area contributed by atoms with Crippen molar-refractivity contribution < 1.29 is 4.74 Å².